The van der Waals surface area contributed by atoms with Crippen LogP contribution in [0.3, 0.4) is 0 Å². The normalized spacial score (nSPS) is 11.4. The number of aryl methyl sites for hydroxylation is 1. The molecule has 0 unspecified atom stereocenters. The smallest absolute Gasteiger partial charge is 0.135 e. The Morgan fingerprint density at radius 1 is 1.07 bits per heavy atom. The zero-order chi connectivity index (χ0) is 20.1. The van der Waals surface area contributed by atoms with E-state index >= 15 is 0 Å². The molecule has 0 fully saturated rings. The lowest BCUT2D eigenvalue weighted by Crippen LogP contribution is -2.06. The summed E-state index contributed by atoms with van der Waals surface area (Å²) in [4.78, 5) is 5.69. The van der Waals surface area contributed by atoms with E-state index in [9.17, 15) is 5.11 Å². The molecule has 1 heterocycles. The van der Waals surface area contributed by atoms with Crippen molar-refractivity contribution in [3.05, 3.63) is 75.7 Å². The predicted octanol–water partition coefficient (Wildman–Crippen LogP) is 6.59. The van der Waals surface area contributed by atoms with Gasteiger partial charge in [-0.2, -0.15) is 0 Å². The molecule has 0 saturated carbocycles. The highest BCUT2D eigenvalue weighted by Gasteiger charge is 2.20. The number of benzene rings is 2. The van der Waals surface area contributed by atoms with Crippen molar-refractivity contribution in [1.29, 1.82) is 0 Å². The Morgan fingerprint density at radius 3 is 2.36 bits per heavy atom. The molecular weight excluding hydrogens is 411 g/mol. The second-order valence-corrected chi connectivity index (χ2v) is 8.91. The molecule has 3 nitrogen and oxygen atoms in total. The number of nitrogens with zero attached hydrogens (tertiary/aromatic N) is 2. The van der Waals surface area contributed by atoms with Crippen LogP contribution in [0.2, 0.25) is 10.0 Å². The van der Waals surface area contributed by atoms with Gasteiger partial charge in [0.2, 0.25) is 0 Å². The molecule has 6 heteroatoms. The molecule has 0 amide bonds. The second-order valence-electron chi connectivity index (χ2n) is 6.98. The van der Waals surface area contributed by atoms with Gasteiger partial charge in [-0.25, -0.2) is 4.98 Å². The van der Waals surface area contributed by atoms with Gasteiger partial charge in [0.25, 0.3) is 0 Å². The Kier molecular flexibility index (Phi) is 7.47. The van der Waals surface area contributed by atoms with Crippen LogP contribution in [-0.4, -0.2) is 14.7 Å². The molecule has 0 aliphatic carbocycles. The molecule has 1 aromatic heterocycles. The topological polar surface area (TPSA) is 38.1 Å². The minimum Gasteiger partial charge on any atom is -0.388 e. The Labute approximate surface area is 180 Å². The van der Waals surface area contributed by atoms with E-state index in [2.05, 4.69) is 42.7 Å². The van der Waals surface area contributed by atoms with Gasteiger partial charge in [-0.15, -0.1) is 0 Å². The van der Waals surface area contributed by atoms with Crippen LogP contribution in [0.1, 0.15) is 43.3 Å². The Balaban J connectivity index is 1.88. The van der Waals surface area contributed by atoms with Gasteiger partial charge in [0.05, 0.1) is 5.69 Å². The number of aromatic nitrogens is 2. The fraction of sp³-hybridized carbons (Fsp3) is 0.318. The maximum absolute atomic E-state index is 9.87. The maximum Gasteiger partial charge on any atom is 0.135 e. The van der Waals surface area contributed by atoms with E-state index in [-0.39, 0.29) is 12.5 Å². The van der Waals surface area contributed by atoms with Gasteiger partial charge in [0, 0.05) is 21.5 Å². The fourth-order valence-corrected chi connectivity index (χ4v) is 5.07. The minimum absolute atomic E-state index is 0.0814. The standard InChI is InChI=1S/C22H24Cl2N2OS/c1-15(2)21-22(28-19-12-17(23)11-18(24)13-19)26(20(14-27)25-21)10-6-9-16-7-4-3-5-8-16/h3-5,7-8,11-13,15,27H,6,9-10,14H2,1-2H3. The molecule has 0 bridgehead atoms. The largest absolute Gasteiger partial charge is 0.388 e. The first-order chi connectivity index (χ1) is 13.5. The van der Waals surface area contributed by atoms with Crippen molar-refractivity contribution in [2.75, 3.05) is 0 Å². The van der Waals surface area contributed by atoms with Crippen LogP contribution in [0.25, 0.3) is 0 Å². The lowest BCUT2D eigenvalue weighted by Gasteiger charge is -2.13. The highest BCUT2D eigenvalue weighted by Crippen LogP contribution is 2.37. The molecule has 0 saturated heterocycles. The summed E-state index contributed by atoms with van der Waals surface area (Å²) in [6.07, 6.45) is 1.95. The van der Waals surface area contributed by atoms with Crippen LogP contribution in [0.15, 0.2) is 58.5 Å². The molecule has 3 rings (SSSR count). The molecule has 0 radical (unpaired) electrons. The van der Waals surface area contributed by atoms with Crippen molar-refractivity contribution >= 4 is 35.0 Å². The van der Waals surface area contributed by atoms with Crippen LogP contribution >= 0.6 is 35.0 Å². The van der Waals surface area contributed by atoms with Crippen molar-refractivity contribution < 1.29 is 5.11 Å². The van der Waals surface area contributed by atoms with Gasteiger partial charge in [-0.3, -0.25) is 0 Å². The van der Waals surface area contributed by atoms with E-state index < -0.39 is 0 Å². The van der Waals surface area contributed by atoms with E-state index in [1.54, 1.807) is 17.8 Å². The third-order valence-corrected chi connectivity index (χ3v) is 5.98. The molecule has 0 atom stereocenters. The molecule has 1 N–H and O–H groups in total. The summed E-state index contributed by atoms with van der Waals surface area (Å²) < 4.78 is 2.14. The van der Waals surface area contributed by atoms with Crippen LogP contribution < -0.4 is 0 Å². The van der Waals surface area contributed by atoms with Gasteiger partial charge < -0.3 is 9.67 Å². The number of hydrogen-bond acceptors (Lipinski definition) is 3. The first-order valence-electron chi connectivity index (χ1n) is 9.36. The first kappa shape index (κ1) is 21.3. The highest BCUT2D eigenvalue weighted by molar-refractivity contribution is 7.99. The fourth-order valence-electron chi connectivity index (χ4n) is 3.12. The molecule has 148 valence electrons. The predicted molar refractivity (Wildman–Crippen MR) is 118 cm³/mol. The summed E-state index contributed by atoms with van der Waals surface area (Å²) in [5.41, 5.74) is 2.30. The minimum atomic E-state index is -0.0814. The zero-order valence-corrected chi connectivity index (χ0v) is 18.4. The number of imidazole rings is 1. The van der Waals surface area contributed by atoms with E-state index in [1.807, 2.05) is 18.2 Å². The highest BCUT2D eigenvalue weighted by atomic mass is 35.5. The van der Waals surface area contributed by atoms with Crippen molar-refractivity contribution in [2.45, 2.75) is 55.7 Å². The molecule has 0 spiro atoms. The number of aliphatic hydroxyl groups is 1. The quantitative estimate of drug-likeness (QED) is 0.434. The van der Waals surface area contributed by atoms with Crippen LogP contribution in [0.4, 0.5) is 0 Å². The number of aliphatic hydroxyl groups excluding tert-OH is 1. The summed E-state index contributed by atoms with van der Waals surface area (Å²) in [5, 5.41) is 12.1. The van der Waals surface area contributed by atoms with E-state index in [0.717, 1.165) is 35.0 Å². The SMILES string of the molecule is CC(C)c1nc(CO)n(CCCc2ccccc2)c1Sc1cc(Cl)cc(Cl)c1. The Bertz CT molecular complexity index is 906. The molecule has 0 aliphatic heterocycles. The molecule has 28 heavy (non-hydrogen) atoms. The summed E-state index contributed by atoms with van der Waals surface area (Å²) in [6.45, 7) is 4.95. The van der Waals surface area contributed by atoms with Crippen LogP contribution in [-0.2, 0) is 19.6 Å². The summed E-state index contributed by atoms with van der Waals surface area (Å²) in [6, 6.07) is 16.0. The number of halogens is 2. The first-order valence-corrected chi connectivity index (χ1v) is 10.9. The van der Waals surface area contributed by atoms with Crippen molar-refractivity contribution in [2.24, 2.45) is 0 Å². The van der Waals surface area contributed by atoms with E-state index in [0.29, 0.717) is 15.9 Å². The monoisotopic (exact) mass is 434 g/mol. The summed E-state index contributed by atoms with van der Waals surface area (Å²) in [7, 11) is 0. The Morgan fingerprint density at radius 2 is 1.75 bits per heavy atom. The van der Waals surface area contributed by atoms with Crippen molar-refractivity contribution in [1.82, 2.24) is 9.55 Å². The van der Waals surface area contributed by atoms with Crippen molar-refractivity contribution in [3.63, 3.8) is 0 Å². The zero-order valence-electron chi connectivity index (χ0n) is 16.0. The summed E-state index contributed by atoms with van der Waals surface area (Å²) >= 11 is 14.0. The lowest BCUT2D eigenvalue weighted by atomic mass is 10.1. The van der Waals surface area contributed by atoms with Crippen LogP contribution in [0.5, 0.6) is 0 Å². The van der Waals surface area contributed by atoms with E-state index in [1.165, 1.54) is 5.56 Å². The molecular formula is C22H24Cl2N2OS. The van der Waals surface area contributed by atoms with Gasteiger partial charge in [0.1, 0.15) is 17.5 Å². The third kappa shape index (κ3) is 5.32. The van der Waals surface area contributed by atoms with Crippen LogP contribution in [0, 0.1) is 0 Å². The van der Waals surface area contributed by atoms with Gasteiger partial charge >= 0.3 is 0 Å². The van der Waals surface area contributed by atoms with Gasteiger partial charge in [-0.1, -0.05) is 79.1 Å². The van der Waals surface area contributed by atoms with Gasteiger partial charge in [0.15, 0.2) is 0 Å². The lowest BCUT2D eigenvalue weighted by molar-refractivity contribution is 0.263. The maximum atomic E-state index is 9.87. The van der Waals surface area contributed by atoms with Crippen molar-refractivity contribution in [3.8, 4) is 0 Å². The average Bonchev–Trinajstić information content (AvgIpc) is 2.99. The van der Waals surface area contributed by atoms with E-state index in [4.69, 9.17) is 28.2 Å². The average molecular weight is 435 g/mol. The van der Waals surface area contributed by atoms with Gasteiger partial charge in [-0.05, 0) is 42.5 Å². The Hall–Kier alpha value is -1.46. The second kappa shape index (κ2) is 9.84. The number of hydrogen-bond donors (Lipinski definition) is 1. The summed E-state index contributed by atoms with van der Waals surface area (Å²) in [5.74, 6) is 0.949. The molecule has 3 aromatic rings. The molecule has 2 aromatic carbocycles. The number of rotatable bonds is 8. The molecule has 0 aliphatic rings. The third-order valence-electron chi connectivity index (χ3n) is 4.45.